The number of fused-ring (bicyclic) bond motifs is 1. The molecule has 26 heavy (non-hydrogen) atoms. The molecule has 134 valence electrons. The lowest BCUT2D eigenvalue weighted by molar-refractivity contribution is 0.0997. The molecule has 3 rings (SSSR count). The van der Waals surface area contributed by atoms with Crippen molar-refractivity contribution in [3.05, 3.63) is 47.7 Å². The molecule has 9 heteroatoms. The molecule has 3 amide bonds. The molecule has 0 saturated heterocycles. The third kappa shape index (κ3) is 3.41. The van der Waals surface area contributed by atoms with Crippen molar-refractivity contribution >= 4 is 28.7 Å². The Balaban J connectivity index is 1.82. The van der Waals surface area contributed by atoms with Crippen molar-refractivity contribution in [2.24, 2.45) is 5.73 Å². The van der Waals surface area contributed by atoms with Crippen LogP contribution in [-0.4, -0.2) is 34.2 Å². The predicted molar refractivity (Wildman–Crippen MR) is 96.0 cm³/mol. The van der Waals surface area contributed by atoms with Gasteiger partial charge >= 0.3 is 6.03 Å². The van der Waals surface area contributed by atoms with Crippen LogP contribution in [0.1, 0.15) is 29.0 Å². The van der Waals surface area contributed by atoms with Crippen LogP contribution >= 0.6 is 0 Å². The number of benzene rings is 1. The summed E-state index contributed by atoms with van der Waals surface area (Å²) in [6, 6.07) is 10.4. The molecule has 0 aliphatic carbocycles. The Morgan fingerprint density at radius 3 is 2.65 bits per heavy atom. The van der Waals surface area contributed by atoms with Crippen molar-refractivity contribution in [2.75, 3.05) is 12.4 Å². The van der Waals surface area contributed by atoms with Gasteiger partial charge in [0.25, 0.3) is 5.91 Å². The molecule has 0 fully saturated rings. The summed E-state index contributed by atoms with van der Waals surface area (Å²) in [7, 11) is 1.42. The van der Waals surface area contributed by atoms with E-state index in [-0.39, 0.29) is 23.4 Å². The minimum Gasteiger partial charge on any atom is -0.479 e. The maximum atomic E-state index is 12.2. The number of primary amides is 1. The van der Waals surface area contributed by atoms with E-state index in [0.29, 0.717) is 10.9 Å². The van der Waals surface area contributed by atoms with E-state index in [4.69, 9.17) is 10.5 Å². The molecule has 0 aliphatic heterocycles. The van der Waals surface area contributed by atoms with Crippen molar-refractivity contribution in [3.63, 3.8) is 0 Å². The molecule has 1 unspecified atom stereocenters. The number of carbonyl (C=O) groups excluding carboxylic acids is 2. The second kappa shape index (κ2) is 7.09. The number of aromatic nitrogens is 3. The molecular formula is C17H18N6O3. The van der Waals surface area contributed by atoms with Crippen LogP contribution in [0, 0.1) is 0 Å². The van der Waals surface area contributed by atoms with Crippen LogP contribution in [-0.2, 0) is 0 Å². The lowest BCUT2D eigenvalue weighted by Crippen LogP contribution is -2.31. The molecule has 2 heterocycles. The smallest absolute Gasteiger partial charge is 0.320 e. The summed E-state index contributed by atoms with van der Waals surface area (Å²) < 4.78 is 5.09. The molecule has 9 nitrogen and oxygen atoms in total. The van der Waals surface area contributed by atoms with Crippen LogP contribution < -0.4 is 21.1 Å². The van der Waals surface area contributed by atoms with Gasteiger partial charge in [0, 0.05) is 6.07 Å². The summed E-state index contributed by atoms with van der Waals surface area (Å²) in [5, 5.41) is 12.4. The topological polar surface area (TPSA) is 135 Å². The average Bonchev–Trinajstić information content (AvgIpc) is 3.04. The van der Waals surface area contributed by atoms with Crippen LogP contribution in [0.2, 0.25) is 0 Å². The first-order valence-corrected chi connectivity index (χ1v) is 7.85. The molecule has 0 radical (unpaired) electrons. The quantitative estimate of drug-likeness (QED) is 0.555. The maximum absolute atomic E-state index is 12.2. The highest BCUT2D eigenvalue weighted by Gasteiger charge is 2.19. The number of nitrogens with zero attached hydrogens (tertiary/aromatic N) is 2. The molecule has 1 aromatic carbocycles. The Labute approximate surface area is 148 Å². The monoisotopic (exact) mass is 354 g/mol. The van der Waals surface area contributed by atoms with E-state index in [0.717, 1.165) is 5.56 Å². The summed E-state index contributed by atoms with van der Waals surface area (Å²) in [5.41, 5.74) is 6.78. The van der Waals surface area contributed by atoms with Gasteiger partial charge in [-0.05, 0) is 12.5 Å². The summed E-state index contributed by atoms with van der Waals surface area (Å²) in [4.78, 5) is 28.1. The molecule has 0 spiro atoms. The number of methoxy groups -OCH3 is 1. The lowest BCUT2D eigenvalue weighted by Gasteiger charge is -2.15. The van der Waals surface area contributed by atoms with Gasteiger partial charge in [-0.15, -0.1) is 5.10 Å². The molecule has 0 saturated carbocycles. The molecule has 1 atom stereocenters. The van der Waals surface area contributed by atoms with Crippen molar-refractivity contribution in [3.8, 4) is 5.88 Å². The molecule has 2 aromatic heterocycles. The number of H-pyrrole nitrogens is 1. The summed E-state index contributed by atoms with van der Waals surface area (Å²) in [6.45, 7) is 1.86. The zero-order valence-electron chi connectivity index (χ0n) is 14.2. The van der Waals surface area contributed by atoms with Crippen molar-refractivity contribution in [2.45, 2.75) is 13.0 Å². The van der Waals surface area contributed by atoms with Gasteiger partial charge in [-0.1, -0.05) is 30.3 Å². The van der Waals surface area contributed by atoms with Gasteiger partial charge < -0.3 is 15.8 Å². The Morgan fingerprint density at radius 1 is 1.27 bits per heavy atom. The van der Waals surface area contributed by atoms with Gasteiger partial charge in [0.05, 0.1) is 24.1 Å². The van der Waals surface area contributed by atoms with Gasteiger partial charge in [-0.2, -0.15) is 0 Å². The highest BCUT2D eigenvalue weighted by molar-refractivity contribution is 6.07. The zero-order valence-corrected chi connectivity index (χ0v) is 14.2. The SMILES string of the molecule is COc1n[nH]c2cc(NC(=O)NC(C)c3ccccc3)nc(C(N)=O)c12. The largest absolute Gasteiger partial charge is 0.479 e. The van der Waals surface area contributed by atoms with Gasteiger partial charge in [-0.3, -0.25) is 15.2 Å². The van der Waals surface area contributed by atoms with Crippen molar-refractivity contribution in [1.29, 1.82) is 0 Å². The van der Waals surface area contributed by atoms with Crippen LogP contribution in [0.5, 0.6) is 5.88 Å². The van der Waals surface area contributed by atoms with Crippen LogP contribution in [0.25, 0.3) is 10.9 Å². The number of amides is 3. The summed E-state index contributed by atoms with van der Waals surface area (Å²) in [5.74, 6) is -0.387. The fourth-order valence-corrected chi connectivity index (χ4v) is 2.58. The second-order valence-corrected chi connectivity index (χ2v) is 5.61. The number of nitrogens with two attached hydrogens (primary N) is 1. The van der Waals surface area contributed by atoms with Gasteiger partial charge in [0.15, 0.2) is 0 Å². The van der Waals surface area contributed by atoms with E-state index in [1.807, 2.05) is 37.3 Å². The standard InChI is InChI=1S/C17H18N6O3/c1-9(10-6-4-3-5-7-10)19-17(25)21-12-8-11-13(14(20-12)15(18)24)16(26-2)23-22-11/h3-9H,1-2H3,(H2,18,24)(H,22,23)(H2,19,20,21,25). The number of ether oxygens (including phenoxy) is 1. The zero-order chi connectivity index (χ0) is 18.7. The summed E-state index contributed by atoms with van der Waals surface area (Å²) >= 11 is 0. The maximum Gasteiger partial charge on any atom is 0.320 e. The number of hydrogen-bond acceptors (Lipinski definition) is 5. The van der Waals surface area contributed by atoms with Gasteiger partial charge in [0.1, 0.15) is 11.5 Å². The fourth-order valence-electron chi connectivity index (χ4n) is 2.58. The normalized spacial score (nSPS) is 11.8. The Bertz CT molecular complexity index is 954. The first-order valence-electron chi connectivity index (χ1n) is 7.85. The van der Waals surface area contributed by atoms with E-state index in [1.54, 1.807) is 6.07 Å². The minimum absolute atomic E-state index is 0.0421. The highest BCUT2D eigenvalue weighted by Crippen LogP contribution is 2.27. The molecule has 3 aromatic rings. The van der Waals surface area contributed by atoms with Crippen molar-refractivity contribution < 1.29 is 14.3 Å². The molecule has 5 N–H and O–H groups in total. The molecule has 0 aliphatic rings. The number of anilines is 1. The molecule has 0 bridgehead atoms. The van der Waals surface area contributed by atoms with Crippen molar-refractivity contribution in [1.82, 2.24) is 20.5 Å². The number of urea groups is 1. The highest BCUT2D eigenvalue weighted by atomic mass is 16.5. The second-order valence-electron chi connectivity index (χ2n) is 5.61. The predicted octanol–water partition coefficient (Wildman–Crippen LogP) is 1.95. The van der Waals surface area contributed by atoms with E-state index in [1.165, 1.54) is 7.11 Å². The number of nitrogens with one attached hydrogen (secondary N) is 3. The van der Waals surface area contributed by atoms with Crippen LogP contribution in [0.15, 0.2) is 36.4 Å². The first-order chi connectivity index (χ1) is 12.5. The van der Waals surface area contributed by atoms with E-state index in [9.17, 15) is 9.59 Å². The van der Waals surface area contributed by atoms with Gasteiger partial charge in [-0.25, -0.2) is 9.78 Å². The summed E-state index contributed by atoms with van der Waals surface area (Å²) in [6.07, 6.45) is 0. The first kappa shape index (κ1) is 17.2. The molecular weight excluding hydrogens is 336 g/mol. The number of aromatic amines is 1. The van der Waals surface area contributed by atoms with Crippen LogP contribution in [0.3, 0.4) is 0 Å². The number of carbonyl (C=O) groups is 2. The third-order valence-corrected chi connectivity index (χ3v) is 3.83. The van der Waals surface area contributed by atoms with E-state index >= 15 is 0 Å². The Kier molecular flexibility index (Phi) is 4.70. The van der Waals surface area contributed by atoms with E-state index in [2.05, 4.69) is 25.8 Å². The van der Waals surface area contributed by atoms with Crippen LogP contribution in [0.4, 0.5) is 10.6 Å². The minimum atomic E-state index is -0.753. The Morgan fingerprint density at radius 2 is 2.00 bits per heavy atom. The van der Waals surface area contributed by atoms with E-state index < -0.39 is 11.9 Å². The van der Waals surface area contributed by atoms with Gasteiger partial charge in [0.2, 0.25) is 5.88 Å². The lowest BCUT2D eigenvalue weighted by atomic mass is 10.1. The number of rotatable bonds is 5. The third-order valence-electron chi connectivity index (χ3n) is 3.83. The Hall–Kier alpha value is -3.62. The number of hydrogen-bond donors (Lipinski definition) is 4. The average molecular weight is 354 g/mol. The number of pyridine rings is 1. The fraction of sp³-hybridized carbons (Fsp3) is 0.176.